The number of nitrogens with zero attached hydrogens (tertiary/aromatic N) is 2. The van der Waals surface area contributed by atoms with Gasteiger partial charge in [-0.1, -0.05) is 0 Å². The summed E-state index contributed by atoms with van der Waals surface area (Å²) in [6.45, 7) is 0.574. The molecule has 108 valence electrons. The fourth-order valence-corrected chi connectivity index (χ4v) is 2.73. The zero-order valence-corrected chi connectivity index (χ0v) is 11.6. The molecule has 1 atom stereocenters. The Hall–Kier alpha value is -1.98. The number of nitrogen functional groups attached to an aromatic ring is 1. The van der Waals surface area contributed by atoms with Gasteiger partial charge in [0.1, 0.15) is 5.69 Å². The Morgan fingerprint density at radius 2 is 2.15 bits per heavy atom. The van der Waals surface area contributed by atoms with Crippen molar-refractivity contribution in [1.29, 1.82) is 0 Å². The molecule has 3 N–H and O–H groups in total. The molecule has 2 amide bonds. The Morgan fingerprint density at radius 3 is 2.80 bits per heavy atom. The number of likely N-dealkylation sites (tertiary alicyclic amines) is 1. The highest BCUT2D eigenvalue weighted by molar-refractivity contribution is 5.94. The SMILES string of the molecule is CN1CC(NC(=O)c2cc(N)cn2C2CC2)CCC1=O. The summed E-state index contributed by atoms with van der Waals surface area (Å²) < 4.78 is 1.97. The van der Waals surface area contributed by atoms with E-state index in [1.807, 2.05) is 10.8 Å². The predicted molar refractivity (Wildman–Crippen MR) is 75.2 cm³/mol. The van der Waals surface area contributed by atoms with E-state index in [9.17, 15) is 9.59 Å². The summed E-state index contributed by atoms with van der Waals surface area (Å²) in [5.74, 6) is 0.0439. The molecule has 6 heteroatoms. The number of hydrogen-bond donors (Lipinski definition) is 2. The molecule has 20 heavy (non-hydrogen) atoms. The topological polar surface area (TPSA) is 80.4 Å². The van der Waals surface area contributed by atoms with Crippen molar-refractivity contribution >= 4 is 17.5 Å². The molecule has 1 saturated heterocycles. The molecule has 1 unspecified atom stereocenters. The Kier molecular flexibility index (Phi) is 3.16. The molecule has 0 radical (unpaired) electrons. The number of carbonyl (C=O) groups is 2. The predicted octanol–water partition coefficient (Wildman–Crippen LogP) is 0.756. The monoisotopic (exact) mass is 276 g/mol. The smallest absolute Gasteiger partial charge is 0.268 e. The second-order valence-electron chi connectivity index (χ2n) is 5.78. The lowest BCUT2D eigenvalue weighted by atomic mass is 10.1. The van der Waals surface area contributed by atoms with Crippen molar-refractivity contribution in [3.8, 4) is 0 Å². The summed E-state index contributed by atoms with van der Waals surface area (Å²) in [6.07, 6.45) is 5.25. The quantitative estimate of drug-likeness (QED) is 0.855. The summed E-state index contributed by atoms with van der Waals surface area (Å²) >= 11 is 0. The minimum atomic E-state index is -0.0960. The van der Waals surface area contributed by atoms with Crippen LogP contribution in [-0.2, 0) is 4.79 Å². The molecule has 3 rings (SSSR count). The number of rotatable bonds is 3. The minimum absolute atomic E-state index is 0.0222. The summed E-state index contributed by atoms with van der Waals surface area (Å²) in [7, 11) is 1.77. The molecule has 1 aromatic heterocycles. The van der Waals surface area contributed by atoms with Crippen LogP contribution in [0.15, 0.2) is 12.3 Å². The number of carbonyl (C=O) groups excluding carboxylic acids is 2. The lowest BCUT2D eigenvalue weighted by Gasteiger charge is -2.30. The summed E-state index contributed by atoms with van der Waals surface area (Å²) in [5.41, 5.74) is 7.05. The molecule has 1 aliphatic carbocycles. The highest BCUT2D eigenvalue weighted by atomic mass is 16.2. The van der Waals surface area contributed by atoms with Crippen LogP contribution in [0.4, 0.5) is 5.69 Å². The number of nitrogens with two attached hydrogens (primary N) is 1. The van der Waals surface area contributed by atoms with Crippen LogP contribution in [0.5, 0.6) is 0 Å². The van der Waals surface area contributed by atoms with Gasteiger partial charge in [-0.3, -0.25) is 9.59 Å². The molecular formula is C14H20N4O2. The fraction of sp³-hybridized carbons (Fsp3) is 0.571. The van der Waals surface area contributed by atoms with Gasteiger partial charge in [-0.05, 0) is 25.3 Å². The summed E-state index contributed by atoms with van der Waals surface area (Å²) in [6, 6.07) is 2.17. The van der Waals surface area contributed by atoms with E-state index < -0.39 is 0 Å². The standard InChI is InChI=1S/C14H20N4O2/c1-17-8-10(2-5-13(17)19)16-14(20)12-6-9(15)7-18(12)11-3-4-11/h6-7,10-11H,2-5,8,15H2,1H3,(H,16,20). The normalized spacial score (nSPS) is 22.9. The summed E-state index contributed by atoms with van der Waals surface area (Å²) in [4.78, 5) is 25.5. The van der Waals surface area contributed by atoms with Crippen molar-refractivity contribution < 1.29 is 9.59 Å². The zero-order valence-electron chi connectivity index (χ0n) is 11.6. The maximum Gasteiger partial charge on any atom is 0.268 e. The number of piperidine rings is 1. The third kappa shape index (κ3) is 2.50. The van der Waals surface area contributed by atoms with Gasteiger partial charge in [-0.25, -0.2) is 0 Å². The van der Waals surface area contributed by atoms with Gasteiger partial charge in [-0.15, -0.1) is 0 Å². The number of likely N-dealkylation sites (N-methyl/N-ethyl adjacent to an activating group) is 1. The largest absolute Gasteiger partial charge is 0.397 e. The van der Waals surface area contributed by atoms with Crippen LogP contribution in [0.3, 0.4) is 0 Å². The maximum atomic E-state index is 12.4. The van der Waals surface area contributed by atoms with E-state index in [-0.39, 0.29) is 17.9 Å². The molecule has 1 aromatic rings. The second kappa shape index (κ2) is 4.85. The molecule has 2 fully saturated rings. The average Bonchev–Trinajstić information content (AvgIpc) is 3.17. The first-order chi connectivity index (χ1) is 9.54. The fourth-order valence-electron chi connectivity index (χ4n) is 2.73. The van der Waals surface area contributed by atoms with Crippen LogP contribution in [-0.4, -0.2) is 40.9 Å². The zero-order chi connectivity index (χ0) is 14.3. The Bertz CT molecular complexity index is 547. The van der Waals surface area contributed by atoms with E-state index in [1.165, 1.54) is 0 Å². The van der Waals surface area contributed by atoms with Gasteiger partial charge in [-0.2, -0.15) is 0 Å². The third-order valence-corrected chi connectivity index (χ3v) is 4.00. The first kappa shape index (κ1) is 13.0. The van der Waals surface area contributed by atoms with Crippen molar-refractivity contribution in [2.75, 3.05) is 19.3 Å². The van der Waals surface area contributed by atoms with Gasteiger partial charge < -0.3 is 20.5 Å². The molecule has 6 nitrogen and oxygen atoms in total. The maximum absolute atomic E-state index is 12.4. The number of amides is 2. The van der Waals surface area contributed by atoms with Crippen molar-refractivity contribution in [2.24, 2.45) is 0 Å². The van der Waals surface area contributed by atoms with Crippen LogP contribution >= 0.6 is 0 Å². The van der Waals surface area contributed by atoms with Crippen molar-refractivity contribution in [1.82, 2.24) is 14.8 Å². The van der Waals surface area contributed by atoms with Crippen molar-refractivity contribution in [3.05, 3.63) is 18.0 Å². The van der Waals surface area contributed by atoms with Crippen LogP contribution < -0.4 is 11.1 Å². The van der Waals surface area contributed by atoms with Crippen LogP contribution in [0, 0.1) is 0 Å². The average molecular weight is 276 g/mol. The van der Waals surface area contributed by atoms with E-state index in [0.29, 0.717) is 36.8 Å². The van der Waals surface area contributed by atoms with Crippen LogP contribution in [0.1, 0.15) is 42.2 Å². The molecular weight excluding hydrogens is 256 g/mol. The van der Waals surface area contributed by atoms with Gasteiger partial charge in [0.05, 0.1) is 5.69 Å². The second-order valence-corrected chi connectivity index (χ2v) is 5.78. The van der Waals surface area contributed by atoms with Gasteiger partial charge >= 0.3 is 0 Å². The Balaban J connectivity index is 1.69. The van der Waals surface area contributed by atoms with Gasteiger partial charge in [0.2, 0.25) is 5.91 Å². The van der Waals surface area contributed by atoms with Crippen molar-refractivity contribution in [3.63, 3.8) is 0 Å². The number of aromatic nitrogens is 1. The van der Waals surface area contributed by atoms with Crippen molar-refractivity contribution in [2.45, 2.75) is 37.8 Å². The Labute approximate surface area is 117 Å². The van der Waals surface area contributed by atoms with Crippen LogP contribution in [0.2, 0.25) is 0 Å². The summed E-state index contributed by atoms with van der Waals surface area (Å²) in [5, 5.41) is 3.01. The van der Waals surface area contributed by atoms with Crippen LogP contribution in [0.25, 0.3) is 0 Å². The molecule has 1 saturated carbocycles. The van der Waals surface area contributed by atoms with Gasteiger partial charge in [0.25, 0.3) is 5.91 Å². The highest BCUT2D eigenvalue weighted by Crippen LogP contribution is 2.37. The molecule has 2 heterocycles. The molecule has 0 spiro atoms. The van der Waals surface area contributed by atoms with E-state index in [4.69, 9.17) is 5.73 Å². The first-order valence-electron chi connectivity index (χ1n) is 7.07. The molecule has 1 aliphatic heterocycles. The highest BCUT2D eigenvalue weighted by Gasteiger charge is 2.29. The molecule has 0 aromatic carbocycles. The van der Waals surface area contributed by atoms with E-state index in [2.05, 4.69) is 5.32 Å². The molecule has 2 aliphatic rings. The third-order valence-electron chi connectivity index (χ3n) is 4.00. The van der Waals surface area contributed by atoms with E-state index in [1.54, 1.807) is 18.0 Å². The number of nitrogens with one attached hydrogen (secondary N) is 1. The van der Waals surface area contributed by atoms with Gasteiger partial charge in [0.15, 0.2) is 0 Å². The minimum Gasteiger partial charge on any atom is -0.397 e. The Morgan fingerprint density at radius 1 is 1.40 bits per heavy atom. The van der Waals surface area contributed by atoms with E-state index in [0.717, 1.165) is 12.8 Å². The first-order valence-corrected chi connectivity index (χ1v) is 7.07. The molecule has 0 bridgehead atoms. The van der Waals surface area contributed by atoms with E-state index >= 15 is 0 Å². The van der Waals surface area contributed by atoms with Gasteiger partial charge in [0, 0.05) is 38.3 Å². The number of anilines is 1. The number of hydrogen-bond acceptors (Lipinski definition) is 3. The lowest BCUT2D eigenvalue weighted by molar-refractivity contribution is -0.132. The lowest BCUT2D eigenvalue weighted by Crippen LogP contribution is -2.48.